The topological polar surface area (TPSA) is 33.1 Å². The molecule has 2 aromatic rings. The lowest BCUT2D eigenvalue weighted by molar-refractivity contribution is 0.219. The molecule has 0 saturated carbocycles. The fourth-order valence-corrected chi connectivity index (χ4v) is 1.85. The summed E-state index contributed by atoms with van der Waals surface area (Å²) in [6.45, 7) is 0. The molecule has 13 heavy (non-hydrogen) atoms. The van der Waals surface area contributed by atoms with Gasteiger partial charge in [0.05, 0.1) is 5.69 Å². The first kappa shape index (κ1) is 8.41. The van der Waals surface area contributed by atoms with Crippen LogP contribution in [0.5, 0.6) is 0 Å². The zero-order chi connectivity index (χ0) is 9.10. The number of nitrogens with zero attached hydrogens (tertiary/aromatic N) is 1. The van der Waals surface area contributed by atoms with Crippen LogP contribution < -0.4 is 0 Å². The number of hydrogen-bond donors (Lipinski definition) is 1. The predicted molar refractivity (Wildman–Crippen MR) is 52.6 cm³/mol. The molecule has 1 N–H and O–H groups in total. The lowest BCUT2D eigenvalue weighted by Crippen LogP contribution is -1.98. The second-order valence-corrected chi connectivity index (χ2v) is 3.65. The molecule has 0 radical (unpaired) electrons. The maximum Gasteiger partial charge on any atom is 0.130 e. The molecular formula is C10H9NOS. The Morgan fingerprint density at radius 2 is 2.15 bits per heavy atom. The molecule has 0 aliphatic carbocycles. The van der Waals surface area contributed by atoms with Gasteiger partial charge in [0.1, 0.15) is 6.10 Å². The second kappa shape index (κ2) is 3.68. The van der Waals surface area contributed by atoms with Gasteiger partial charge in [0, 0.05) is 11.1 Å². The summed E-state index contributed by atoms with van der Waals surface area (Å²) in [5.41, 5.74) is 0.699. The number of thiophene rings is 1. The number of rotatable bonds is 2. The summed E-state index contributed by atoms with van der Waals surface area (Å²) in [6, 6.07) is 9.37. The van der Waals surface area contributed by atoms with Crippen molar-refractivity contribution in [3.63, 3.8) is 0 Å². The van der Waals surface area contributed by atoms with E-state index >= 15 is 0 Å². The Hall–Kier alpha value is -1.19. The van der Waals surface area contributed by atoms with Gasteiger partial charge < -0.3 is 5.11 Å². The lowest BCUT2D eigenvalue weighted by atomic mass is 10.2. The molecule has 0 bridgehead atoms. The first-order valence-corrected chi connectivity index (χ1v) is 4.88. The van der Waals surface area contributed by atoms with E-state index in [-0.39, 0.29) is 0 Å². The molecule has 0 amide bonds. The summed E-state index contributed by atoms with van der Waals surface area (Å²) in [5.74, 6) is 0. The zero-order valence-electron chi connectivity index (χ0n) is 6.92. The average molecular weight is 191 g/mol. The smallest absolute Gasteiger partial charge is 0.130 e. The van der Waals surface area contributed by atoms with Gasteiger partial charge in [-0.15, -0.1) is 11.3 Å². The van der Waals surface area contributed by atoms with Gasteiger partial charge in [-0.25, -0.2) is 0 Å². The van der Waals surface area contributed by atoms with Crippen LogP contribution in [0.4, 0.5) is 0 Å². The maximum absolute atomic E-state index is 9.83. The third-order valence-electron chi connectivity index (χ3n) is 1.78. The molecule has 1 unspecified atom stereocenters. The first-order chi connectivity index (χ1) is 6.38. The van der Waals surface area contributed by atoms with Crippen LogP contribution >= 0.6 is 11.3 Å². The van der Waals surface area contributed by atoms with Crippen molar-refractivity contribution in [2.45, 2.75) is 6.10 Å². The number of aliphatic hydroxyl groups excluding tert-OH is 1. The second-order valence-electron chi connectivity index (χ2n) is 2.67. The van der Waals surface area contributed by atoms with E-state index in [1.165, 1.54) is 11.3 Å². The molecule has 1 atom stereocenters. The molecule has 0 aromatic carbocycles. The number of aromatic nitrogens is 1. The van der Waals surface area contributed by atoms with E-state index in [4.69, 9.17) is 0 Å². The third-order valence-corrected chi connectivity index (χ3v) is 2.71. The molecule has 0 fully saturated rings. The van der Waals surface area contributed by atoms with Crippen molar-refractivity contribution >= 4 is 11.3 Å². The van der Waals surface area contributed by atoms with Gasteiger partial charge >= 0.3 is 0 Å². The van der Waals surface area contributed by atoms with E-state index < -0.39 is 6.10 Å². The molecule has 0 saturated heterocycles. The van der Waals surface area contributed by atoms with E-state index in [1.54, 1.807) is 6.20 Å². The Balaban J connectivity index is 2.29. The van der Waals surface area contributed by atoms with E-state index in [9.17, 15) is 5.11 Å². The maximum atomic E-state index is 9.83. The van der Waals surface area contributed by atoms with Gasteiger partial charge in [0.2, 0.25) is 0 Å². The summed E-state index contributed by atoms with van der Waals surface area (Å²) in [4.78, 5) is 5.02. The van der Waals surface area contributed by atoms with Crippen LogP contribution in [0.1, 0.15) is 16.7 Å². The van der Waals surface area contributed by atoms with Crippen LogP contribution in [0.3, 0.4) is 0 Å². The standard InChI is InChI=1S/C10H9NOS/c12-10(9-5-3-7-13-9)8-4-1-2-6-11-8/h1-7,10,12H. The van der Waals surface area contributed by atoms with Crippen molar-refractivity contribution in [2.24, 2.45) is 0 Å². The van der Waals surface area contributed by atoms with E-state index in [0.717, 1.165) is 4.88 Å². The molecule has 0 spiro atoms. The van der Waals surface area contributed by atoms with Gasteiger partial charge in [-0.1, -0.05) is 12.1 Å². The monoisotopic (exact) mass is 191 g/mol. The first-order valence-electron chi connectivity index (χ1n) is 4.00. The Morgan fingerprint density at radius 1 is 1.23 bits per heavy atom. The van der Waals surface area contributed by atoms with Crippen molar-refractivity contribution in [1.82, 2.24) is 4.98 Å². The highest BCUT2D eigenvalue weighted by atomic mass is 32.1. The van der Waals surface area contributed by atoms with Crippen molar-refractivity contribution < 1.29 is 5.11 Å². The van der Waals surface area contributed by atoms with Crippen molar-refractivity contribution in [1.29, 1.82) is 0 Å². The van der Waals surface area contributed by atoms with E-state index in [1.807, 2.05) is 35.7 Å². The highest BCUT2D eigenvalue weighted by molar-refractivity contribution is 7.10. The van der Waals surface area contributed by atoms with Crippen LogP contribution in [0.15, 0.2) is 41.9 Å². The molecular weight excluding hydrogens is 182 g/mol. The van der Waals surface area contributed by atoms with Crippen molar-refractivity contribution in [3.05, 3.63) is 52.5 Å². The third kappa shape index (κ3) is 1.76. The minimum atomic E-state index is -0.582. The zero-order valence-corrected chi connectivity index (χ0v) is 7.74. The van der Waals surface area contributed by atoms with E-state index in [2.05, 4.69) is 4.98 Å². The Labute approximate surface area is 80.5 Å². The van der Waals surface area contributed by atoms with Crippen LogP contribution in [-0.4, -0.2) is 10.1 Å². The SMILES string of the molecule is OC(c1ccccn1)c1cccs1. The number of hydrogen-bond acceptors (Lipinski definition) is 3. The quantitative estimate of drug-likeness (QED) is 0.789. The molecule has 0 aliphatic rings. The minimum Gasteiger partial charge on any atom is -0.381 e. The molecule has 0 aliphatic heterocycles. The highest BCUT2D eigenvalue weighted by Gasteiger charge is 2.11. The fourth-order valence-electron chi connectivity index (χ4n) is 1.13. The van der Waals surface area contributed by atoms with E-state index in [0.29, 0.717) is 5.69 Å². The fraction of sp³-hybridized carbons (Fsp3) is 0.100. The normalized spacial score (nSPS) is 12.7. The molecule has 66 valence electrons. The Morgan fingerprint density at radius 3 is 2.77 bits per heavy atom. The summed E-state index contributed by atoms with van der Waals surface area (Å²) < 4.78 is 0. The number of aliphatic hydroxyl groups is 1. The van der Waals surface area contributed by atoms with Crippen molar-refractivity contribution in [2.75, 3.05) is 0 Å². The van der Waals surface area contributed by atoms with Crippen LogP contribution in [0.2, 0.25) is 0 Å². The summed E-state index contributed by atoms with van der Waals surface area (Å²) in [5, 5.41) is 11.8. The van der Waals surface area contributed by atoms with Gasteiger partial charge in [-0.3, -0.25) is 4.98 Å². The summed E-state index contributed by atoms with van der Waals surface area (Å²) in [6.07, 6.45) is 1.10. The van der Waals surface area contributed by atoms with Crippen molar-refractivity contribution in [3.8, 4) is 0 Å². The summed E-state index contributed by atoms with van der Waals surface area (Å²) >= 11 is 1.54. The largest absolute Gasteiger partial charge is 0.381 e. The van der Waals surface area contributed by atoms with Crippen LogP contribution in [0.25, 0.3) is 0 Å². The van der Waals surface area contributed by atoms with Crippen LogP contribution in [0, 0.1) is 0 Å². The molecule has 2 aromatic heterocycles. The molecule has 2 rings (SSSR count). The predicted octanol–water partition coefficient (Wildman–Crippen LogP) is 2.22. The summed E-state index contributed by atoms with van der Waals surface area (Å²) in [7, 11) is 0. The molecule has 3 heteroatoms. The Kier molecular flexibility index (Phi) is 2.38. The highest BCUT2D eigenvalue weighted by Crippen LogP contribution is 2.23. The molecule has 2 nitrogen and oxygen atoms in total. The van der Waals surface area contributed by atoms with Gasteiger partial charge in [0.25, 0.3) is 0 Å². The Bertz CT molecular complexity index is 358. The molecule has 2 heterocycles. The van der Waals surface area contributed by atoms with Crippen LogP contribution in [-0.2, 0) is 0 Å². The minimum absolute atomic E-state index is 0.582. The number of pyridine rings is 1. The lowest BCUT2D eigenvalue weighted by Gasteiger charge is -2.06. The van der Waals surface area contributed by atoms with Gasteiger partial charge in [-0.2, -0.15) is 0 Å². The van der Waals surface area contributed by atoms with Gasteiger partial charge in [-0.05, 0) is 23.6 Å². The van der Waals surface area contributed by atoms with Gasteiger partial charge in [0.15, 0.2) is 0 Å². The average Bonchev–Trinajstić information content (AvgIpc) is 2.71.